The number of rotatable bonds is 14. The second kappa shape index (κ2) is 14.3. The highest BCUT2D eigenvalue weighted by Crippen LogP contribution is 2.12. The summed E-state index contributed by atoms with van der Waals surface area (Å²) in [6.45, 7) is -0.884. The van der Waals surface area contributed by atoms with Gasteiger partial charge in [-0.1, -0.05) is 42.5 Å². The predicted molar refractivity (Wildman–Crippen MR) is 134 cm³/mol. The van der Waals surface area contributed by atoms with E-state index in [1.807, 2.05) is 0 Å². The largest absolute Gasteiger partial charge is 0.508 e. The van der Waals surface area contributed by atoms with Crippen LogP contribution in [0.25, 0.3) is 0 Å². The van der Waals surface area contributed by atoms with Gasteiger partial charge in [0.25, 0.3) is 0 Å². The Labute approximate surface area is 218 Å². The van der Waals surface area contributed by atoms with Crippen LogP contribution in [0.4, 0.5) is 0 Å². The van der Waals surface area contributed by atoms with Crippen molar-refractivity contribution in [2.45, 2.75) is 43.4 Å². The summed E-state index contributed by atoms with van der Waals surface area (Å²) in [6, 6.07) is 8.94. The molecule has 10 N–H and O–H groups in total. The van der Waals surface area contributed by atoms with Crippen molar-refractivity contribution in [1.82, 2.24) is 16.0 Å². The van der Waals surface area contributed by atoms with Crippen molar-refractivity contribution in [2.24, 2.45) is 11.5 Å². The number of aliphatic hydroxyl groups excluding tert-OH is 1. The minimum Gasteiger partial charge on any atom is -0.508 e. The smallest absolute Gasteiger partial charge is 0.328 e. The summed E-state index contributed by atoms with van der Waals surface area (Å²) in [5.41, 5.74) is 12.0. The molecule has 0 radical (unpaired) electrons. The average molecular weight is 530 g/mol. The maximum Gasteiger partial charge on any atom is 0.328 e. The normalized spacial score (nSPS) is 13.8. The van der Waals surface area contributed by atoms with E-state index in [9.17, 15) is 39.3 Å². The summed E-state index contributed by atoms with van der Waals surface area (Å²) in [4.78, 5) is 61.3. The molecule has 4 amide bonds. The highest BCUT2D eigenvalue weighted by atomic mass is 16.4. The van der Waals surface area contributed by atoms with Crippen molar-refractivity contribution in [2.75, 3.05) is 6.61 Å². The van der Waals surface area contributed by atoms with E-state index in [4.69, 9.17) is 11.5 Å². The second-order valence-corrected chi connectivity index (χ2v) is 8.54. The van der Waals surface area contributed by atoms with Gasteiger partial charge in [0.2, 0.25) is 23.6 Å². The lowest BCUT2D eigenvalue weighted by molar-refractivity contribution is -0.143. The molecule has 0 fully saturated rings. The number of phenols is 1. The maximum atomic E-state index is 13.3. The molecule has 0 saturated heterocycles. The van der Waals surface area contributed by atoms with Gasteiger partial charge in [-0.2, -0.15) is 0 Å². The summed E-state index contributed by atoms with van der Waals surface area (Å²) >= 11 is 0. The number of nitrogens with one attached hydrogen (secondary N) is 3. The summed E-state index contributed by atoms with van der Waals surface area (Å²) < 4.78 is 0. The Hall–Kier alpha value is -4.49. The van der Waals surface area contributed by atoms with E-state index in [0.29, 0.717) is 11.1 Å². The fourth-order valence-corrected chi connectivity index (χ4v) is 3.45. The minimum absolute atomic E-state index is 0.00362. The first-order chi connectivity index (χ1) is 18.0. The number of primary amides is 1. The molecule has 13 nitrogen and oxygen atoms in total. The highest BCUT2D eigenvalue weighted by Gasteiger charge is 2.30. The van der Waals surface area contributed by atoms with Gasteiger partial charge >= 0.3 is 5.97 Å². The molecule has 2 aromatic rings. The van der Waals surface area contributed by atoms with Crippen LogP contribution in [0.3, 0.4) is 0 Å². The van der Waals surface area contributed by atoms with Crippen LogP contribution >= 0.6 is 0 Å². The number of carboxylic acid groups (broad SMARTS) is 1. The SMILES string of the molecule is NC(=O)CC(N)C(=O)NC(Cc1ccccc1)C(=O)NC(Cc1ccc(O)cc1)C(=O)NC(CO)C(=O)O. The molecule has 0 heterocycles. The van der Waals surface area contributed by atoms with E-state index in [0.717, 1.165) is 0 Å². The number of carbonyl (C=O) groups is 5. The van der Waals surface area contributed by atoms with Crippen molar-refractivity contribution in [3.05, 3.63) is 65.7 Å². The lowest BCUT2D eigenvalue weighted by Gasteiger charge is -2.25. The Balaban J connectivity index is 2.30. The van der Waals surface area contributed by atoms with Gasteiger partial charge in [-0.25, -0.2) is 4.79 Å². The van der Waals surface area contributed by atoms with Gasteiger partial charge in [-0.05, 0) is 23.3 Å². The second-order valence-electron chi connectivity index (χ2n) is 8.54. The van der Waals surface area contributed by atoms with E-state index < -0.39 is 66.8 Å². The molecule has 0 bridgehead atoms. The molecule has 204 valence electrons. The molecule has 0 aliphatic heterocycles. The molecule has 0 spiro atoms. The molecule has 13 heteroatoms. The van der Waals surface area contributed by atoms with E-state index in [1.165, 1.54) is 24.3 Å². The van der Waals surface area contributed by atoms with Crippen molar-refractivity contribution in [1.29, 1.82) is 0 Å². The predicted octanol–water partition coefficient (Wildman–Crippen LogP) is -2.09. The fraction of sp³-hybridized carbons (Fsp3) is 0.320. The number of benzene rings is 2. The maximum absolute atomic E-state index is 13.3. The number of aromatic hydroxyl groups is 1. The van der Waals surface area contributed by atoms with Gasteiger partial charge in [0.15, 0.2) is 0 Å². The Morgan fingerprint density at radius 2 is 1.21 bits per heavy atom. The Bertz CT molecular complexity index is 1130. The summed E-state index contributed by atoms with van der Waals surface area (Å²) in [6.07, 6.45) is -0.554. The molecule has 0 aliphatic rings. The number of nitrogens with two attached hydrogens (primary N) is 2. The summed E-state index contributed by atoms with van der Waals surface area (Å²) in [5.74, 6) is -4.81. The number of aliphatic carboxylic acids is 1. The summed E-state index contributed by atoms with van der Waals surface area (Å²) in [5, 5.41) is 35.2. The molecular formula is C25H31N5O8. The topological polar surface area (TPSA) is 234 Å². The fourth-order valence-electron chi connectivity index (χ4n) is 3.45. The Morgan fingerprint density at radius 1 is 0.737 bits per heavy atom. The van der Waals surface area contributed by atoms with Crippen molar-refractivity contribution in [3.8, 4) is 5.75 Å². The van der Waals surface area contributed by atoms with Crippen LogP contribution in [0.15, 0.2) is 54.6 Å². The van der Waals surface area contributed by atoms with Gasteiger partial charge in [-0.3, -0.25) is 19.2 Å². The van der Waals surface area contributed by atoms with Gasteiger partial charge in [0.05, 0.1) is 19.1 Å². The minimum atomic E-state index is -1.62. The molecular weight excluding hydrogens is 498 g/mol. The number of aliphatic hydroxyl groups is 1. The quantitative estimate of drug-likeness (QED) is 0.134. The van der Waals surface area contributed by atoms with Gasteiger partial charge in [-0.15, -0.1) is 0 Å². The number of carboxylic acids is 1. The molecule has 0 saturated carbocycles. The first-order valence-electron chi connectivity index (χ1n) is 11.6. The first-order valence-corrected chi connectivity index (χ1v) is 11.6. The number of hydrogen-bond acceptors (Lipinski definition) is 8. The van der Waals surface area contributed by atoms with E-state index >= 15 is 0 Å². The lowest BCUT2D eigenvalue weighted by Crippen LogP contribution is -2.58. The number of carbonyl (C=O) groups excluding carboxylic acids is 4. The number of phenolic OH excluding ortho intramolecular Hbond substituents is 1. The van der Waals surface area contributed by atoms with Gasteiger partial charge < -0.3 is 42.7 Å². The van der Waals surface area contributed by atoms with Crippen LogP contribution in [0.5, 0.6) is 5.75 Å². The zero-order chi connectivity index (χ0) is 28.2. The molecule has 38 heavy (non-hydrogen) atoms. The van der Waals surface area contributed by atoms with Crippen LogP contribution in [0.1, 0.15) is 17.5 Å². The van der Waals surface area contributed by atoms with Crippen LogP contribution in [0.2, 0.25) is 0 Å². The zero-order valence-electron chi connectivity index (χ0n) is 20.4. The highest BCUT2D eigenvalue weighted by molar-refractivity contribution is 5.95. The molecule has 0 aliphatic carbocycles. The zero-order valence-corrected chi connectivity index (χ0v) is 20.4. The van der Waals surface area contributed by atoms with Crippen LogP contribution in [-0.2, 0) is 36.8 Å². The lowest BCUT2D eigenvalue weighted by atomic mass is 10.0. The Kier molecular flexibility index (Phi) is 11.2. The van der Waals surface area contributed by atoms with E-state index in [2.05, 4.69) is 16.0 Å². The first kappa shape index (κ1) is 29.7. The van der Waals surface area contributed by atoms with E-state index in [-0.39, 0.29) is 18.6 Å². The molecule has 2 aromatic carbocycles. The molecule has 4 unspecified atom stereocenters. The molecule has 4 atom stereocenters. The van der Waals surface area contributed by atoms with Gasteiger partial charge in [0, 0.05) is 12.8 Å². The third kappa shape index (κ3) is 9.52. The average Bonchev–Trinajstić information content (AvgIpc) is 2.87. The van der Waals surface area contributed by atoms with Crippen LogP contribution in [0, 0.1) is 0 Å². The molecule has 0 aromatic heterocycles. The Morgan fingerprint density at radius 3 is 1.68 bits per heavy atom. The van der Waals surface area contributed by atoms with Crippen molar-refractivity contribution in [3.63, 3.8) is 0 Å². The van der Waals surface area contributed by atoms with E-state index in [1.54, 1.807) is 30.3 Å². The monoisotopic (exact) mass is 529 g/mol. The summed E-state index contributed by atoms with van der Waals surface area (Å²) in [7, 11) is 0. The molecule has 2 rings (SSSR count). The third-order valence-electron chi connectivity index (χ3n) is 5.48. The van der Waals surface area contributed by atoms with Crippen LogP contribution < -0.4 is 27.4 Å². The van der Waals surface area contributed by atoms with Crippen molar-refractivity contribution >= 4 is 29.6 Å². The van der Waals surface area contributed by atoms with Crippen molar-refractivity contribution < 1.29 is 39.3 Å². The third-order valence-corrected chi connectivity index (χ3v) is 5.48. The standard InChI is InChI=1S/C25H31N5O8/c26-17(12-21(27)33)22(34)28-18(10-14-4-2-1-3-5-14)23(35)29-19(11-15-6-8-16(32)9-7-15)24(36)30-20(13-31)25(37)38/h1-9,17-20,31-32H,10-13,26H2,(H2,27,33)(H,28,34)(H,29,35)(H,30,36)(H,37,38). The van der Waals surface area contributed by atoms with Gasteiger partial charge in [0.1, 0.15) is 23.9 Å². The number of amides is 4. The van der Waals surface area contributed by atoms with Crippen LogP contribution in [-0.4, -0.2) is 75.7 Å². The number of hydrogen-bond donors (Lipinski definition) is 8.